The summed E-state index contributed by atoms with van der Waals surface area (Å²) in [4.78, 5) is 2.66. The number of hydrogen-bond acceptors (Lipinski definition) is 4. The van der Waals surface area contributed by atoms with E-state index < -0.39 is 12.2 Å². The smallest absolute Gasteiger partial charge is 0.0811 e. The average molecular weight is 458 g/mol. The van der Waals surface area contributed by atoms with Crippen molar-refractivity contribution in [1.82, 2.24) is 4.90 Å². The molecular weight excluding hydrogens is 410 g/mol. The molecule has 0 radical (unpaired) electrons. The Bertz CT molecular complexity index is 788. The van der Waals surface area contributed by atoms with Crippen LogP contribution in [-0.4, -0.2) is 59.7 Å². The zero-order chi connectivity index (χ0) is 23.8. The maximum absolute atomic E-state index is 10.2. The van der Waals surface area contributed by atoms with Crippen molar-refractivity contribution < 1.29 is 14.9 Å². The zero-order valence-corrected chi connectivity index (χ0v) is 21.5. The Morgan fingerprint density at radius 3 is 2.73 bits per heavy atom. The second-order valence-corrected chi connectivity index (χ2v) is 12.1. The van der Waals surface area contributed by atoms with Gasteiger partial charge in [0.1, 0.15) is 0 Å². The minimum absolute atomic E-state index is 0.0125. The van der Waals surface area contributed by atoms with Gasteiger partial charge in [-0.1, -0.05) is 38.2 Å². The molecule has 0 bridgehead atoms. The number of aliphatic hydroxyl groups excluding tert-OH is 2. The van der Waals surface area contributed by atoms with Gasteiger partial charge >= 0.3 is 0 Å². The molecule has 2 N–H and O–H groups in total. The standard InChI is InChI=1S/C29H47NO3/c1-20(18-30-15-7-13-28(3,19-30)33-5)25-11-12-26-22(8-6-14-29(25,26)4)9-10-23-16-24(31)17-27(32)21(23)2/h9-10,20,24-27,31-32H,2,6-8,11-19H2,1,3-5H3/t20-,24-,25-,26+,27+,28?,29-/m1/s1. The normalized spacial score (nSPS) is 43.8. The van der Waals surface area contributed by atoms with E-state index in [0.717, 1.165) is 23.6 Å². The molecule has 0 aromatic rings. The molecule has 1 saturated heterocycles. The largest absolute Gasteiger partial charge is 0.393 e. The molecule has 186 valence electrons. The van der Waals surface area contributed by atoms with E-state index in [1.807, 2.05) is 7.11 Å². The number of allylic oxidation sites excluding steroid dienone is 3. The van der Waals surface area contributed by atoms with Crippen LogP contribution in [0.25, 0.3) is 0 Å². The first-order valence-corrected chi connectivity index (χ1v) is 13.4. The molecule has 4 rings (SSSR count). The van der Waals surface area contributed by atoms with Gasteiger partial charge in [-0.25, -0.2) is 0 Å². The molecule has 0 aromatic heterocycles. The van der Waals surface area contributed by atoms with Crippen molar-refractivity contribution in [2.45, 2.75) is 96.4 Å². The monoisotopic (exact) mass is 457 g/mol. The Kier molecular flexibility index (Phi) is 7.60. The molecule has 33 heavy (non-hydrogen) atoms. The molecule has 4 nitrogen and oxygen atoms in total. The summed E-state index contributed by atoms with van der Waals surface area (Å²) in [5.41, 5.74) is 3.79. The third-order valence-corrected chi connectivity index (χ3v) is 9.77. The first kappa shape index (κ1) is 25.2. The summed E-state index contributed by atoms with van der Waals surface area (Å²) in [7, 11) is 1.87. The lowest BCUT2D eigenvalue weighted by Crippen LogP contribution is -2.49. The SMILES string of the molecule is C=C1C(=CC=C2CCC[C@]3(C)[C@@H]([C@H](C)CN4CCCC(C)(OC)C4)CC[C@@H]23)C[C@@H](O)C[C@@H]1O. The zero-order valence-electron chi connectivity index (χ0n) is 21.5. The lowest BCUT2D eigenvalue weighted by Gasteiger charge is -2.46. The predicted molar refractivity (Wildman–Crippen MR) is 135 cm³/mol. The highest BCUT2D eigenvalue weighted by atomic mass is 16.5. The molecule has 4 heteroatoms. The summed E-state index contributed by atoms with van der Waals surface area (Å²) in [6, 6.07) is 0. The number of methoxy groups -OCH3 is 1. The van der Waals surface area contributed by atoms with Gasteiger partial charge in [-0.3, -0.25) is 0 Å². The molecule has 7 atom stereocenters. The molecule has 4 aliphatic rings. The van der Waals surface area contributed by atoms with Crippen LogP contribution in [0.1, 0.15) is 78.6 Å². The van der Waals surface area contributed by atoms with E-state index in [-0.39, 0.29) is 5.60 Å². The predicted octanol–water partition coefficient (Wildman–Crippen LogP) is 5.26. The van der Waals surface area contributed by atoms with E-state index in [2.05, 4.69) is 44.4 Å². The second kappa shape index (κ2) is 9.97. The molecular formula is C29H47NO3. The van der Waals surface area contributed by atoms with Crippen molar-refractivity contribution in [3.05, 3.63) is 35.5 Å². The van der Waals surface area contributed by atoms with Gasteiger partial charge in [-0.05, 0) is 99.1 Å². The average Bonchev–Trinajstić information content (AvgIpc) is 3.13. The van der Waals surface area contributed by atoms with Crippen LogP contribution in [0.3, 0.4) is 0 Å². The Morgan fingerprint density at radius 2 is 1.97 bits per heavy atom. The number of likely N-dealkylation sites (tertiary alicyclic amines) is 1. The van der Waals surface area contributed by atoms with E-state index in [0.29, 0.717) is 30.1 Å². The Balaban J connectivity index is 1.45. The lowest BCUT2D eigenvalue weighted by atomic mass is 9.61. The van der Waals surface area contributed by atoms with Crippen LogP contribution >= 0.6 is 0 Å². The molecule has 1 unspecified atom stereocenters. The van der Waals surface area contributed by atoms with Crippen molar-refractivity contribution in [1.29, 1.82) is 0 Å². The van der Waals surface area contributed by atoms with Gasteiger partial charge < -0.3 is 19.8 Å². The van der Waals surface area contributed by atoms with E-state index in [4.69, 9.17) is 4.74 Å². The number of fused-ring (bicyclic) bond motifs is 1. The maximum Gasteiger partial charge on any atom is 0.0811 e. The Hall–Kier alpha value is -0.940. The molecule has 0 aromatic carbocycles. The summed E-state index contributed by atoms with van der Waals surface area (Å²) < 4.78 is 5.84. The molecule has 1 heterocycles. The second-order valence-electron chi connectivity index (χ2n) is 12.1. The van der Waals surface area contributed by atoms with Gasteiger partial charge in [-0.15, -0.1) is 0 Å². The minimum Gasteiger partial charge on any atom is -0.393 e. The fourth-order valence-electron chi connectivity index (χ4n) is 7.84. The molecule has 3 saturated carbocycles. The molecule has 1 aliphatic heterocycles. The number of ether oxygens (including phenoxy) is 1. The van der Waals surface area contributed by atoms with Crippen molar-refractivity contribution in [3.63, 3.8) is 0 Å². The van der Waals surface area contributed by atoms with E-state index in [1.54, 1.807) is 5.57 Å². The fourth-order valence-corrected chi connectivity index (χ4v) is 7.84. The van der Waals surface area contributed by atoms with Crippen molar-refractivity contribution >= 4 is 0 Å². The van der Waals surface area contributed by atoms with Crippen LogP contribution in [0.4, 0.5) is 0 Å². The summed E-state index contributed by atoms with van der Waals surface area (Å²) in [5, 5.41) is 20.3. The number of rotatable bonds is 5. The molecule has 4 fully saturated rings. The minimum atomic E-state index is -0.610. The van der Waals surface area contributed by atoms with Crippen LogP contribution in [-0.2, 0) is 4.74 Å². The summed E-state index contributed by atoms with van der Waals surface area (Å²) in [6.45, 7) is 14.9. The van der Waals surface area contributed by atoms with Crippen molar-refractivity contribution in [2.24, 2.45) is 23.2 Å². The first-order chi connectivity index (χ1) is 15.6. The van der Waals surface area contributed by atoms with Crippen LogP contribution in [0.5, 0.6) is 0 Å². The highest BCUT2D eigenvalue weighted by Gasteiger charge is 2.51. The topological polar surface area (TPSA) is 52.9 Å². The third kappa shape index (κ3) is 5.19. The number of piperidine rings is 1. The van der Waals surface area contributed by atoms with Crippen molar-refractivity contribution in [3.8, 4) is 0 Å². The number of aliphatic hydroxyl groups is 2. The maximum atomic E-state index is 10.2. The Labute approximate surface area is 201 Å². The molecule has 0 amide bonds. The lowest BCUT2D eigenvalue weighted by molar-refractivity contribution is -0.0571. The Morgan fingerprint density at radius 1 is 1.18 bits per heavy atom. The van der Waals surface area contributed by atoms with Crippen LogP contribution in [0, 0.1) is 23.2 Å². The third-order valence-electron chi connectivity index (χ3n) is 9.77. The van der Waals surface area contributed by atoms with E-state index in [9.17, 15) is 10.2 Å². The van der Waals surface area contributed by atoms with Gasteiger partial charge in [0.25, 0.3) is 0 Å². The quantitative estimate of drug-likeness (QED) is 0.591. The van der Waals surface area contributed by atoms with Crippen LogP contribution in [0.15, 0.2) is 35.5 Å². The first-order valence-electron chi connectivity index (χ1n) is 13.4. The van der Waals surface area contributed by atoms with E-state index in [1.165, 1.54) is 58.0 Å². The van der Waals surface area contributed by atoms with Gasteiger partial charge in [0.15, 0.2) is 0 Å². The van der Waals surface area contributed by atoms with Gasteiger partial charge in [0.2, 0.25) is 0 Å². The highest BCUT2D eigenvalue weighted by molar-refractivity contribution is 5.38. The molecule has 3 aliphatic carbocycles. The summed E-state index contributed by atoms with van der Waals surface area (Å²) in [6.07, 6.45) is 13.2. The molecule has 0 spiro atoms. The van der Waals surface area contributed by atoms with Gasteiger partial charge in [0, 0.05) is 26.6 Å². The number of nitrogens with zero attached hydrogens (tertiary/aromatic N) is 1. The van der Waals surface area contributed by atoms with Crippen LogP contribution in [0.2, 0.25) is 0 Å². The van der Waals surface area contributed by atoms with Gasteiger partial charge in [-0.2, -0.15) is 0 Å². The number of hydrogen-bond donors (Lipinski definition) is 2. The summed E-state index contributed by atoms with van der Waals surface area (Å²) >= 11 is 0. The highest BCUT2D eigenvalue weighted by Crippen LogP contribution is 2.59. The van der Waals surface area contributed by atoms with E-state index >= 15 is 0 Å². The van der Waals surface area contributed by atoms with Crippen LogP contribution < -0.4 is 0 Å². The van der Waals surface area contributed by atoms with Gasteiger partial charge in [0.05, 0.1) is 17.8 Å². The fraction of sp³-hybridized carbons (Fsp3) is 0.793. The van der Waals surface area contributed by atoms with Crippen molar-refractivity contribution in [2.75, 3.05) is 26.7 Å². The summed E-state index contributed by atoms with van der Waals surface area (Å²) in [5.74, 6) is 2.12.